The Bertz CT molecular complexity index is 988. The summed E-state index contributed by atoms with van der Waals surface area (Å²) < 4.78 is 8.08. The van der Waals surface area contributed by atoms with Crippen LogP contribution in [0.25, 0.3) is 11.0 Å². The smallest absolute Gasteiger partial charge is 0.263 e. The molecule has 5 nitrogen and oxygen atoms in total. The van der Waals surface area contributed by atoms with E-state index >= 15 is 0 Å². The van der Waals surface area contributed by atoms with Gasteiger partial charge in [-0.2, -0.15) is 0 Å². The van der Waals surface area contributed by atoms with Crippen LogP contribution in [0.15, 0.2) is 48.8 Å². The van der Waals surface area contributed by atoms with E-state index in [1.165, 1.54) is 16.6 Å². The van der Waals surface area contributed by atoms with Gasteiger partial charge < -0.3 is 14.2 Å². The number of amides is 1. The van der Waals surface area contributed by atoms with E-state index in [9.17, 15) is 4.79 Å². The van der Waals surface area contributed by atoms with Gasteiger partial charge in [0.15, 0.2) is 6.10 Å². The van der Waals surface area contributed by atoms with Gasteiger partial charge in [-0.15, -0.1) is 0 Å². The van der Waals surface area contributed by atoms with E-state index in [0.29, 0.717) is 5.92 Å². The molecule has 2 heterocycles. The highest BCUT2D eigenvalue weighted by Crippen LogP contribution is 2.24. The van der Waals surface area contributed by atoms with Crippen molar-refractivity contribution in [2.45, 2.75) is 46.3 Å². The van der Waals surface area contributed by atoms with Crippen molar-refractivity contribution in [3.63, 3.8) is 0 Å². The maximum absolute atomic E-state index is 12.8. The molecule has 1 amide bonds. The lowest BCUT2D eigenvalue weighted by molar-refractivity contribution is -0.139. The first-order chi connectivity index (χ1) is 14.0. The number of hydrogen-bond donors (Lipinski definition) is 0. The molecule has 2 aromatic carbocycles. The summed E-state index contributed by atoms with van der Waals surface area (Å²) in [5.74, 6) is 1.37. The number of aryl methyl sites for hydroxylation is 2. The van der Waals surface area contributed by atoms with Gasteiger partial charge in [-0.3, -0.25) is 4.79 Å². The summed E-state index contributed by atoms with van der Waals surface area (Å²) in [4.78, 5) is 19.3. The van der Waals surface area contributed by atoms with Crippen molar-refractivity contribution in [2.24, 2.45) is 5.92 Å². The van der Waals surface area contributed by atoms with Crippen LogP contribution in [-0.4, -0.2) is 39.6 Å². The van der Waals surface area contributed by atoms with Gasteiger partial charge in [0.1, 0.15) is 5.75 Å². The van der Waals surface area contributed by atoms with Gasteiger partial charge in [0.05, 0.1) is 17.4 Å². The van der Waals surface area contributed by atoms with Crippen molar-refractivity contribution >= 4 is 16.9 Å². The molecule has 0 spiro atoms. The normalized spacial score (nSPS) is 16.2. The fourth-order valence-corrected chi connectivity index (χ4v) is 4.08. The van der Waals surface area contributed by atoms with Crippen molar-refractivity contribution in [3.8, 4) is 5.75 Å². The molecule has 1 aliphatic rings. The van der Waals surface area contributed by atoms with E-state index in [1.807, 2.05) is 48.5 Å². The van der Waals surface area contributed by atoms with Crippen molar-refractivity contribution in [2.75, 3.05) is 13.1 Å². The van der Waals surface area contributed by atoms with E-state index < -0.39 is 6.10 Å². The first-order valence-electron chi connectivity index (χ1n) is 10.4. The zero-order valence-electron chi connectivity index (χ0n) is 17.5. The van der Waals surface area contributed by atoms with Crippen LogP contribution in [0.3, 0.4) is 0 Å². The molecule has 0 bridgehead atoms. The van der Waals surface area contributed by atoms with Crippen LogP contribution in [0, 0.1) is 19.8 Å². The number of likely N-dealkylation sites (tertiary alicyclic amines) is 1. The summed E-state index contributed by atoms with van der Waals surface area (Å²) in [5, 5.41) is 0. The number of fused-ring (bicyclic) bond motifs is 1. The Kier molecular flexibility index (Phi) is 5.56. The fraction of sp³-hybridized carbons (Fsp3) is 0.417. The zero-order chi connectivity index (χ0) is 20.4. The maximum atomic E-state index is 12.8. The Balaban J connectivity index is 1.33. The molecular weight excluding hydrogens is 362 g/mol. The molecule has 152 valence electrons. The van der Waals surface area contributed by atoms with Crippen LogP contribution in [0.4, 0.5) is 0 Å². The average Bonchev–Trinajstić information content (AvgIpc) is 3.10. The van der Waals surface area contributed by atoms with E-state index in [4.69, 9.17) is 4.74 Å². The minimum atomic E-state index is -0.460. The van der Waals surface area contributed by atoms with Gasteiger partial charge in [-0.05, 0) is 74.9 Å². The quantitative estimate of drug-likeness (QED) is 0.649. The molecule has 0 unspecified atom stereocenters. The van der Waals surface area contributed by atoms with E-state index in [1.54, 1.807) is 0 Å². The molecule has 0 aliphatic carbocycles. The third-order valence-electron chi connectivity index (χ3n) is 6.02. The lowest BCUT2D eigenvalue weighted by Crippen LogP contribution is -2.45. The highest BCUT2D eigenvalue weighted by Gasteiger charge is 2.27. The zero-order valence-corrected chi connectivity index (χ0v) is 17.5. The van der Waals surface area contributed by atoms with Crippen LogP contribution in [0.5, 0.6) is 5.75 Å². The molecule has 3 aromatic rings. The largest absolute Gasteiger partial charge is 0.481 e. The van der Waals surface area contributed by atoms with Gasteiger partial charge in [-0.25, -0.2) is 4.98 Å². The van der Waals surface area contributed by atoms with Gasteiger partial charge in [0.25, 0.3) is 5.91 Å². The molecule has 5 heteroatoms. The minimum Gasteiger partial charge on any atom is -0.481 e. The second kappa shape index (κ2) is 8.27. The minimum absolute atomic E-state index is 0.0754. The third-order valence-corrected chi connectivity index (χ3v) is 6.02. The monoisotopic (exact) mass is 391 g/mol. The number of para-hydroxylation sites is 1. The third kappa shape index (κ3) is 4.29. The average molecular weight is 392 g/mol. The number of aromatic nitrogens is 2. The summed E-state index contributed by atoms with van der Waals surface area (Å²) in [6.07, 6.45) is 3.51. The predicted molar refractivity (Wildman–Crippen MR) is 115 cm³/mol. The summed E-state index contributed by atoms with van der Waals surface area (Å²) >= 11 is 0. The van der Waals surface area contributed by atoms with Crippen molar-refractivity contribution in [3.05, 3.63) is 59.9 Å². The van der Waals surface area contributed by atoms with E-state index in [2.05, 4.69) is 35.5 Å². The number of benzene rings is 2. The predicted octanol–water partition coefficient (Wildman–Crippen LogP) is 4.36. The van der Waals surface area contributed by atoms with Crippen LogP contribution in [0.1, 0.15) is 30.9 Å². The first-order valence-corrected chi connectivity index (χ1v) is 10.4. The number of carbonyl (C=O) groups excluding carboxylic acids is 1. The van der Waals surface area contributed by atoms with Crippen LogP contribution >= 0.6 is 0 Å². The van der Waals surface area contributed by atoms with Crippen molar-refractivity contribution in [1.82, 2.24) is 14.5 Å². The lowest BCUT2D eigenvalue weighted by Gasteiger charge is -2.33. The molecule has 0 saturated carbocycles. The SMILES string of the molecule is Cc1cc2ncn(CC3CCN(C(=O)[C@@H](C)Oc4ccccc4)CC3)c2cc1C. The molecule has 1 fully saturated rings. The molecule has 1 aromatic heterocycles. The Hall–Kier alpha value is -2.82. The summed E-state index contributed by atoms with van der Waals surface area (Å²) in [7, 11) is 0. The lowest BCUT2D eigenvalue weighted by atomic mass is 9.96. The fourth-order valence-electron chi connectivity index (χ4n) is 4.08. The van der Waals surface area contributed by atoms with Crippen LogP contribution in [0.2, 0.25) is 0 Å². The summed E-state index contributed by atoms with van der Waals surface area (Å²) in [6, 6.07) is 13.9. The van der Waals surface area contributed by atoms with E-state index in [0.717, 1.165) is 43.7 Å². The van der Waals surface area contributed by atoms with E-state index in [-0.39, 0.29) is 5.91 Å². The maximum Gasteiger partial charge on any atom is 0.263 e. The molecule has 1 aliphatic heterocycles. The molecule has 4 rings (SSSR count). The van der Waals surface area contributed by atoms with Crippen LogP contribution < -0.4 is 4.74 Å². The van der Waals surface area contributed by atoms with Gasteiger partial charge >= 0.3 is 0 Å². The molecule has 29 heavy (non-hydrogen) atoms. The van der Waals surface area contributed by atoms with Gasteiger partial charge in [0.2, 0.25) is 0 Å². The summed E-state index contributed by atoms with van der Waals surface area (Å²) in [5.41, 5.74) is 4.84. The Morgan fingerprint density at radius 2 is 1.83 bits per heavy atom. The Labute approximate surface area is 172 Å². The van der Waals surface area contributed by atoms with Crippen molar-refractivity contribution in [1.29, 1.82) is 0 Å². The number of carbonyl (C=O) groups is 1. The number of imidazole rings is 1. The molecule has 1 saturated heterocycles. The number of rotatable bonds is 5. The molecule has 1 atom stereocenters. The first kappa shape index (κ1) is 19.5. The molecule has 0 radical (unpaired) electrons. The highest BCUT2D eigenvalue weighted by molar-refractivity contribution is 5.81. The Morgan fingerprint density at radius 3 is 2.55 bits per heavy atom. The number of nitrogens with zero attached hydrogens (tertiary/aromatic N) is 3. The molecular formula is C24H29N3O2. The van der Waals surface area contributed by atoms with Gasteiger partial charge in [-0.1, -0.05) is 18.2 Å². The number of ether oxygens (including phenoxy) is 1. The number of piperidine rings is 1. The topological polar surface area (TPSA) is 47.4 Å². The number of hydrogen-bond acceptors (Lipinski definition) is 3. The molecule has 0 N–H and O–H groups in total. The summed E-state index contributed by atoms with van der Waals surface area (Å²) in [6.45, 7) is 8.64. The van der Waals surface area contributed by atoms with Crippen LogP contribution in [-0.2, 0) is 11.3 Å². The second-order valence-corrected chi connectivity index (χ2v) is 8.16. The Morgan fingerprint density at radius 1 is 1.14 bits per heavy atom. The second-order valence-electron chi connectivity index (χ2n) is 8.16. The highest BCUT2D eigenvalue weighted by atomic mass is 16.5. The van der Waals surface area contributed by atoms with Crippen molar-refractivity contribution < 1.29 is 9.53 Å². The standard InChI is InChI=1S/C24H29N3O2/c1-17-13-22-23(14-18(17)2)27(16-25-22)15-20-9-11-26(12-10-20)24(28)19(3)29-21-7-5-4-6-8-21/h4-8,13-14,16,19-20H,9-12,15H2,1-3H3/t19-/m1/s1. The van der Waals surface area contributed by atoms with Gasteiger partial charge in [0, 0.05) is 19.6 Å².